The highest BCUT2D eigenvalue weighted by molar-refractivity contribution is 5.69. The van der Waals surface area contributed by atoms with Gasteiger partial charge in [0.25, 0.3) is 0 Å². The lowest BCUT2D eigenvalue weighted by atomic mass is 10.1. The molecule has 0 atom stereocenters. The third kappa shape index (κ3) is 9.35. The maximum atomic E-state index is 11.8. The molecule has 4 nitrogen and oxygen atoms in total. The van der Waals surface area contributed by atoms with E-state index in [4.69, 9.17) is 4.74 Å². The molecule has 1 aromatic rings. The fourth-order valence-corrected chi connectivity index (χ4v) is 2.97. The number of hydrogen-bond donors (Lipinski definition) is 0. The topological polar surface area (TPSA) is 26.3 Å². The van der Waals surface area contributed by atoms with Crippen molar-refractivity contribution in [1.82, 2.24) is 0 Å². The maximum Gasteiger partial charge on any atom is 0.306 e. The maximum absolute atomic E-state index is 11.8. The second-order valence-electron chi connectivity index (χ2n) is 9.73. The predicted octanol–water partition coefficient (Wildman–Crippen LogP) is 3.98. The van der Waals surface area contributed by atoms with Crippen LogP contribution in [0.25, 0.3) is 0 Å². The van der Waals surface area contributed by atoms with Crippen LogP contribution in [0.15, 0.2) is 24.3 Å². The van der Waals surface area contributed by atoms with E-state index in [1.54, 1.807) is 0 Å². The van der Waals surface area contributed by atoms with Crippen molar-refractivity contribution < 1.29 is 18.5 Å². The molecule has 1 aromatic carbocycles. The van der Waals surface area contributed by atoms with Crippen LogP contribution in [0.1, 0.15) is 51.7 Å². The summed E-state index contributed by atoms with van der Waals surface area (Å²) in [7, 11) is 8.97. The highest BCUT2D eigenvalue weighted by Gasteiger charge is 2.20. The SMILES string of the molecule is CC[N+](C)(C)Cc1ccc(C[N+](C)(C)CCCC(=O)OC(C)(C)C)cc1. The molecular weight excluding hydrogens is 324 g/mol. The van der Waals surface area contributed by atoms with Crippen molar-refractivity contribution in [2.75, 3.05) is 41.3 Å². The van der Waals surface area contributed by atoms with Crippen molar-refractivity contribution in [2.24, 2.45) is 0 Å². The second-order valence-corrected chi connectivity index (χ2v) is 9.73. The third-order valence-electron chi connectivity index (χ3n) is 4.66. The summed E-state index contributed by atoms with van der Waals surface area (Å²) in [5, 5.41) is 0. The number of ether oxygens (including phenoxy) is 1. The molecule has 0 unspecified atom stereocenters. The highest BCUT2D eigenvalue weighted by Crippen LogP contribution is 2.15. The Balaban J connectivity index is 2.50. The van der Waals surface area contributed by atoms with Gasteiger partial charge in [0.15, 0.2) is 0 Å². The number of esters is 1. The first-order valence-electron chi connectivity index (χ1n) is 9.76. The van der Waals surface area contributed by atoms with E-state index in [1.165, 1.54) is 11.1 Å². The molecule has 0 radical (unpaired) electrons. The number of carbonyl (C=O) groups excluding carboxylic acids is 1. The summed E-state index contributed by atoms with van der Waals surface area (Å²) in [6.07, 6.45) is 1.34. The van der Waals surface area contributed by atoms with E-state index in [-0.39, 0.29) is 5.97 Å². The minimum Gasteiger partial charge on any atom is -0.460 e. The number of quaternary nitrogens is 2. The molecule has 0 fully saturated rings. The van der Waals surface area contributed by atoms with Crippen molar-refractivity contribution in [3.8, 4) is 0 Å². The van der Waals surface area contributed by atoms with Gasteiger partial charge in [-0.25, -0.2) is 0 Å². The Morgan fingerprint density at radius 3 is 1.81 bits per heavy atom. The quantitative estimate of drug-likeness (QED) is 0.489. The third-order valence-corrected chi connectivity index (χ3v) is 4.66. The molecule has 4 heteroatoms. The molecule has 26 heavy (non-hydrogen) atoms. The van der Waals surface area contributed by atoms with Gasteiger partial charge in [-0.2, -0.15) is 0 Å². The van der Waals surface area contributed by atoms with Crippen LogP contribution < -0.4 is 0 Å². The summed E-state index contributed by atoms with van der Waals surface area (Å²) in [4.78, 5) is 11.8. The van der Waals surface area contributed by atoms with Crippen LogP contribution in [-0.2, 0) is 22.6 Å². The van der Waals surface area contributed by atoms with E-state index in [9.17, 15) is 4.79 Å². The van der Waals surface area contributed by atoms with Gasteiger partial charge in [-0.15, -0.1) is 0 Å². The number of hydrogen-bond acceptors (Lipinski definition) is 2. The minimum atomic E-state index is -0.395. The summed E-state index contributed by atoms with van der Waals surface area (Å²) in [6, 6.07) is 9.01. The molecule has 1 rings (SSSR count). The van der Waals surface area contributed by atoms with E-state index >= 15 is 0 Å². The molecule has 0 heterocycles. The lowest BCUT2D eigenvalue weighted by Gasteiger charge is -2.30. The van der Waals surface area contributed by atoms with E-state index in [1.807, 2.05) is 20.8 Å². The lowest BCUT2D eigenvalue weighted by Crippen LogP contribution is -2.40. The Kier molecular flexibility index (Phi) is 7.85. The standard InChI is InChI=1S/C22H40N2O2/c1-9-23(5,6)17-19-12-14-20(15-13-19)18-24(7,8)16-10-11-21(25)26-22(2,3)4/h12-15H,9-11,16-18H2,1-8H3/q+2. The first-order chi connectivity index (χ1) is 11.8. The first-order valence-corrected chi connectivity index (χ1v) is 9.76. The molecule has 0 amide bonds. The number of rotatable bonds is 9. The van der Waals surface area contributed by atoms with Gasteiger partial charge >= 0.3 is 5.97 Å². The van der Waals surface area contributed by atoms with E-state index in [2.05, 4.69) is 59.4 Å². The van der Waals surface area contributed by atoms with Crippen LogP contribution in [-0.4, -0.2) is 61.8 Å². The Labute approximate surface area is 160 Å². The van der Waals surface area contributed by atoms with Gasteiger partial charge in [-0.05, 0) is 27.7 Å². The molecule has 0 aliphatic rings. The molecule has 0 bridgehead atoms. The highest BCUT2D eigenvalue weighted by atomic mass is 16.6. The summed E-state index contributed by atoms with van der Waals surface area (Å²) >= 11 is 0. The lowest BCUT2D eigenvalue weighted by molar-refractivity contribution is -0.903. The van der Waals surface area contributed by atoms with Crippen molar-refractivity contribution in [3.05, 3.63) is 35.4 Å². The van der Waals surface area contributed by atoms with Gasteiger partial charge in [0.1, 0.15) is 18.7 Å². The first kappa shape index (κ1) is 22.7. The summed E-state index contributed by atoms with van der Waals surface area (Å²) in [6.45, 7) is 12.1. The molecule has 0 saturated heterocycles. The average Bonchev–Trinajstić information content (AvgIpc) is 2.46. The zero-order valence-corrected chi connectivity index (χ0v) is 18.3. The van der Waals surface area contributed by atoms with Crippen LogP contribution in [0.4, 0.5) is 0 Å². The Hall–Kier alpha value is -1.39. The molecule has 0 saturated carbocycles. The smallest absolute Gasteiger partial charge is 0.306 e. The normalized spacial score (nSPS) is 12.9. The van der Waals surface area contributed by atoms with Gasteiger partial charge < -0.3 is 13.7 Å². The zero-order valence-electron chi connectivity index (χ0n) is 18.3. The number of benzene rings is 1. The van der Waals surface area contributed by atoms with Crippen molar-refractivity contribution >= 4 is 5.97 Å². The minimum absolute atomic E-state index is 0.0986. The van der Waals surface area contributed by atoms with Crippen LogP contribution in [0.3, 0.4) is 0 Å². The van der Waals surface area contributed by atoms with Crippen LogP contribution in [0.5, 0.6) is 0 Å². The molecule has 0 aliphatic heterocycles. The molecule has 0 N–H and O–H groups in total. The summed E-state index contributed by atoms with van der Waals surface area (Å²) in [5.41, 5.74) is 2.34. The predicted molar refractivity (Wildman–Crippen MR) is 109 cm³/mol. The second kappa shape index (κ2) is 9.01. The zero-order chi connectivity index (χ0) is 20.0. The van der Waals surface area contributed by atoms with E-state index < -0.39 is 5.60 Å². The van der Waals surface area contributed by atoms with Crippen molar-refractivity contribution in [2.45, 2.75) is 59.2 Å². The fraction of sp³-hybridized carbons (Fsp3) is 0.682. The largest absolute Gasteiger partial charge is 0.460 e. The van der Waals surface area contributed by atoms with Crippen LogP contribution in [0.2, 0.25) is 0 Å². The Morgan fingerprint density at radius 1 is 0.923 bits per heavy atom. The van der Waals surface area contributed by atoms with Crippen molar-refractivity contribution in [3.63, 3.8) is 0 Å². The van der Waals surface area contributed by atoms with Gasteiger partial charge in [0.2, 0.25) is 0 Å². The number of nitrogens with zero attached hydrogens (tertiary/aromatic N) is 2. The molecule has 0 aromatic heterocycles. The van der Waals surface area contributed by atoms with Gasteiger partial charge in [0, 0.05) is 17.5 Å². The molecular formula is C22H40N2O2+2. The summed E-state index contributed by atoms with van der Waals surface area (Å²) < 4.78 is 7.26. The molecule has 148 valence electrons. The van der Waals surface area contributed by atoms with Gasteiger partial charge in [-0.1, -0.05) is 24.3 Å². The monoisotopic (exact) mass is 364 g/mol. The van der Waals surface area contributed by atoms with Gasteiger partial charge in [0.05, 0.1) is 47.7 Å². The Bertz CT molecular complexity index is 569. The Morgan fingerprint density at radius 2 is 1.38 bits per heavy atom. The average molecular weight is 365 g/mol. The van der Waals surface area contributed by atoms with E-state index in [0.717, 1.165) is 41.6 Å². The van der Waals surface area contributed by atoms with Crippen LogP contribution in [0, 0.1) is 0 Å². The van der Waals surface area contributed by atoms with Crippen molar-refractivity contribution in [1.29, 1.82) is 0 Å². The number of carbonyl (C=O) groups is 1. The molecule has 0 spiro atoms. The fourth-order valence-electron chi connectivity index (χ4n) is 2.97. The van der Waals surface area contributed by atoms with Crippen LogP contribution >= 0.6 is 0 Å². The summed E-state index contributed by atoms with van der Waals surface area (Å²) in [5.74, 6) is -0.0986. The van der Waals surface area contributed by atoms with Gasteiger partial charge in [-0.3, -0.25) is 4.79 Å². The van der Waals surface area contributed by atoms with E-state index in [0.29, 0.717) is 6.42 Å². The molecule has 0 aliphatic carbocycles.